The summed E-state index contributed by atoms with van der Waals surface area (Å²) in [7, 11) is -3.71. The molecular formula is C14H20N2O4S. The van der Waals surface area contributed by atoms with Gasteiger partial charge in [0.2, 0.25) is 15.9 Å². The Morgan fingerprint density at radius 1 is 1.43 bits per heavy atom. The maximum absolute atomic E-state index is 11.7. The van der Waals surface area contributed by atoms with E-state index in [2.05, 4.69) is 5.32 Å². The molecule has 1 aliphatic rings. The highest BCUT2D eigenvalue weighted by Gasteiger charge is 2.16. The minimum atomic E-state index is -3.71. The monoisotopic (exact) mass is 312 g/mol. The number of hydrogen-bond donors (Lipinski definition) is 2. The second-order valence-electron chi connectivity index (χ2n) is 5.14. The minimum absolute atomic E-state index is 0.0496. The van der Waals surface area contributed by atoms with Gasteiger partial charge in [-0.2, -0.15) is 0 Å². The summed E-state index contributed by atoms with van der Waals surface area (Å²) in [6.45, 7) is 1.07. The van der Waals surface area contributed by atoms with E-state index in [1.807, 2.05) is 0 Å². The van der Waals surface area contributed by atoms with Gasteiger partial charge in [-0.15, -0.1) is 0 Å². The predicted molar refractivity (Wildman–Crippen MR) is 77.9 cm³/mol. The van der Waals surface area contributed by atoms with Crippen LogP contribution in [0.15, 0.2) is 29.2 Å². The van der Waals surface area contributed by atoms with Crippen molar-refractivity contribution in [3.8, 4) is 0 Å². The van der Waals surface area contributed by atoms with E-state index in [4.69, 9.17) is 9.88 Å². The SMILES string of the molecule is NS(=O)(=O)c1cccc(CNC(=O)CCC2CCCO2)c1. The van der Waals surface area contributed by atoms with Crippen molar-refractivity contribution in [3.05, 3.63) is 29.8 Å². The summed E-state index contributed by atoms with van der Waals surface area (Å²) in [5.74, 6) is -0.0634. The molecule has 1 amide bonds. The Hall–Kier alpha value is -1.44. The number of hydrogen-bond acceptors (Lipinski definition) is 4. The molecular weight excluding hydrogens is 292 g/mol. The van der Waals surface area contributed by atoms with Gasteiger partial charge < -0.3 is 10.1 Å². The summed E-state index contributed by atoms with van der Waals surface area (Å²) in [4.78, 5) is 11.8. The molecule has 0 radical (unpaired) electrons. The topological polar surface area (TPSA) is 98.5 Å². The van der Waals surface area contributed by atoms with E-state index in [0.717, 1.165) is 25.9 Å². The number of nitrogens with two attached hydrogens (primary N) is 1. The molecule has 116 valence electrons. The summed E-state index contributed by atoms with van der Waals surface area (Å²) in [5, 5.41) is 7.84. The lowest BCUT2D eigenvalue weighted by atomic mass is 10.1. The maximum Gasteiger partial charge on any atom is 0.238 e. The standard InChI is InChI=1S/C14H20N2O4S/c15-21(18,19)13-5-1-3-11(9-13)10-16-14(17)7-6-12-4-2-8-20-12/h1,3,5,9,12H,2,4,6-8,10H2,(H,16,17)(H2,15,18,19). The van der Waals surface area contributed by atoms with Gasteiger partial charge >= 0.3 is 0 Å². The Labute approximate surface area is 124 Å². The zero-order chi connectivity index (χ0) is 15.3. The van der Waals surface area contributed by atoms with E-state index in [-0.39, 0.29) is 23.5 Å². The lowest BCUT2D eigenvalue weighted by Crippen LogP contribution is -2.24. The van der Waals surface area contributed by atoms with Crippen LogP contribution in [0.5, 0.6) is 0 Å². The molecule has 21 heavy (non-hydrogen) atoms. The molecule has 0 aromatic heterocycles. The molecule has 1 heterocycles. The van der Waals surface area contributed by atoms with E-state index in [1.165, 1.54) is 12.1 Å². The summed E-state index contributed by atoms with van der Waals surface area (Å²) >= 11 is 0. The molecule has 1 unspecified atom stereocenters. The first-order valence-electron chi connectivity index (χ1n) is 6.95. The van der Waals surface area contributed by atoms with E-state index in [9.17, 15) is 13.2 Å². The number of amides is 1. The Morgan fingerprint density at radius 3 is 2.90 bits per heavy atom. The van der Waals surface area contributed by atoms with Crippen LogP contribution in [0.3, 0.4) is 0 Å². The summed E-state index contributed by atoms with van der Waals surface area (Å²) < 4.78 is 28.0. The number of primary sulfonamides is 1. The van der Waals surface area contributed by atoms with Crippen molar-refractivity contribution in [1.29, 1.82) is 0 Å². The van der Waals surface area contributed by atoms with Gasteiger partial charge in [0.25, 0.3) is 0 Å². The smallest absolute Gasteiger partial charge is 0.238 e. The van der Waals surface area contributed by atoms with Crippen molar-refractivity contribution in [2.75, 3.05) is 6.61 Å². The molecule has 6 nitrogen and oxygen atoms in total. The third-order valence-corrected chi connectivity index (χ3v) is 4.35. The number of rotatable bonds is 6. The molecule has 1 fully saturated rings. The molecule has 3 N–H and O–H groups in total. The van der Waals surface area contributed by atoms with Crippen LogP contribution in [0.2, 0.25) is 0 Å². The van der Waals surface area contributed by atoms with Crippen molar-refractivity contribution < 1.29 is 17.9 Å². The van der Waals surface area contributed by atoms with Crippen molar-refractivity contribution in [2.45, 2.75) is 43.2 Å². The second kappa shape index (κ2) is 7.02. The number of carbonyl (C=O) groups is 1. The third-order valence-electron chi connectivity index (χ3n) is 3.43. The van der Waals surface area contributed by atoms with Crippen LogP contribution in [0.4, 0.5) is 0 Å². The van der Waals surface area contributed by atoms with Crippen LogP contribution in [-0.4, -0.2) is 27.0 Å². The van der Waals surface area contributed by atoms with Crippen molar-refractivity contribution in [2.24, 2.45) is 5.14 Å². The Balaban J connectivity index is 1.80. The lowest BCUT2D eigenvalue weighted by molar-refractivity contribution is -0.121. The highest BCUT2D eigenvalue weighted by molar-refractivity contribution is 7.89. The normalized spacial score (nSPS) is 18.6. The number of nitrogens with one attached hydrogen (secondary N) is 1. The molecule has 1 aromatic rings. The van der Waals surface area contributed by atoms with Gasteiger partial charge in [-0.05, 0) is 37.0 Å². The molecule has 1 aliphatic heterocycles. The summed E-state index contributed by atoms with van der Waals surface area (Å²) in [6.07, 6.45) is 3.42. The summed E-state index contributed by atoms with van der Waals surface area (Å²) in [6, 6.07) is 6.25. The van der Waals surface area contributed by atoms with Crippen LogP contribution < -0.4 is 10.5 Å². The maximum atomic E-state index is 11.7. The second-order valence-corrected chi connectivity index (χ2v) is 6.70. The van der Waals surface area contributed by atoms with Gasteiger partial charge in [-0.3, -0.25) is 4.79 Å². The van der Waals surface area contributed by atoms with Crippen molar-refractivity contribution >= 4 is 15.9 Å². The first kappa shape index (κ1) is 15.9. The lowest BCUT2D eigenvalue weighted by Gasteiger charge is -2.10. The highest BCUT2D eigenvalue weighted by Crippen LogP contribution is 2.16. The van der Waals surface area contributed by atoms with Crippen LogP contribution in [0.1, 0.15) is 31.2 Å². The van der Waals surface area contributed by atoms with E-state index in [1.54, 1.807) is 12.1 Å². The largest absolute Gasteiger partial charge is 0.378 e. The van der Waals surface area contributed by atoms with Gasteiger partial charge in [-0.25, -0.2) is 13.6 Å². The van der Waals surface area contributed by atoms with Crippen LogP contribution in [0, 0.1) is 0 Å². The van der Waals surface area contributed by atoms with E-state index >= 15 is 0 Å². The Bertz CT molecular complexity index is 595. The van der Waals surface area contributed by atoms with E-state index in [0.29, 0.717) is 12.0 Å². The fraction of sp³-hybridized carbons (Fsp3) is 0.500. The molecule has 1 atom stereocenters. The quantitative estimate of drug-likeness (QED) is 0.815. The third kappa shape index (κ3) is 5.11. The molecule has 1 saturated heterocycles. The number of carbonyl (C=O) groups excluding carboxylic acids is 1. The molecule has 1 aromatic carbocycles. The molecule has 0 spiro atoms. The molecule has 2 rings (SSSR count). The van der Waals surface area contributed by atoms with Gasteiger partial charge in [0.1, 0.15) is 0 Å². The molecule has 0 aliphatic carbocycles. The fourth-order valence-electron chi connectivity index (χ4n) is 2.29. The summed E-state index contributed by atoms with van der Waals surface area (Å²) in [5.41, 5.74) is 0.701. The van der Waals surface area contributed by atoms with Crippen LogP contribution in [-0.2, 0) is 26.1 Å². The highest BCUT2D eigenvalue weighted by atomic mass is 32.2. The predicted octanol–water partition coefficient (Wildman–Crippen LogP) is 0.909. The first-order chi connectivity index (χ1) is 9.95. The molecule has 0 bridgehead atoms. The number of sulfonamides is 1. The van der Waals surface area contributed by atoms with Gasteiger partial charge in [0.05, 0.1) is 11.0 Å². The van der Waals surface area contributed by atoms with Crippen molar-refractivity contribution in [1.82, 2.24) is 5.32 Å². The zero-order valence-electron chi connectivity index (χ0n) is 11.7. The van der Waals surface area contributed by atoms with Gasteiger partial charge in [-0.1, -0.05) is 12.1 Å². The van der Waals surface area contributed by atoms with E-state index < -0.39 is 10.0 Å². The number of ether oxygens (including phenoxy) is 1. The van der Waals surface area contributed by atoms with Gasteiger partial charge in [0, 0.05) is 19.6 Å². The average molecular weight is 312 g/mol. The molecule has 0 saturated carbocycles. The Morgan fingerprint density at radius 2 is 2.24 bits per heavy atom. The minimum Gasteiger partial charge on any atom is -0.378 e. The van der Waals surface area contributed by atoms with Gasteiger partial charge in [0.15, 0.2) is 0 Å². The zero-order valence-corrected chi connectivity index (χ0v) is 12.6. The van der Waals surface area contributed by atoms with Crippen molar-refractivity contribution in [3.63, 3.8) is 0 Å². The Kier molecular flexibility index (Phi) is 5.33. The fourth-order valence-corrected chi connectivity index (χ4v) is 2.87. The number of benzene rings is 1. The van der Waals surface area contributed by atoms with Crippen LogP contribution in [0.25, 0.3) is 0 Å². The first-order valence-corrected chi connectivity index (χ1v) is 8.50. The molecule has 7 heteroatoms. The average Bonchev–Trinajstić information content (AvgIpc) is 2.95. The van der Waals surface area contributed by atoms with Crippen LogP contribution >= 0.6 is 0 Å².